The van der Waals surface area contributed by atoms with Crippen molar-refractivity contribution in [1.29, 1.82) is 0 Å². The summed E-state index contributed by atoms with van der Waals surface area (Å²) < 4.78 is 0. The van der Waals surface area contributed by atoms with Gasteiger partial charge in [-0.05, 0) is 40.2 Å². The fourth-order valence-electron chi connectivity index (χ4n) is 2.87. The molecule has 0 radical (unpaired) electrons. The van der Waals surface area contributed by atoms with E-state index in [1.807, 2.05) is 0 Å². The Labute approximate surface area is 119 Å². The maximum absolute atomic E-state index is 9.31. The fraction of sp³-hybridized carbons (Fsp3) is 0.786. The Kier molecular flexibility index (Phi) is 5.33. The monoisotopic (exact) mass is 283 g/mol. The van der Waals surface area contributed by atoms with Gasteiger partial charge in [0, 0.05) is 30.1 Å². The zero-order valence-corrected chi connectivity index (χ0v) is 13.0. The number of hydrogen-bond donors (Lipinski definition) is 2. The van der Waals surface area contributed by atoms with E-state index < -0.39 is 0 Å². The van der Waals surface area contributed by atoms with E-state index in [1.165, 1.54) is 17.7 Å². The van der Waals surface area contributed by atoms with Gasteiger partial charge in [0.2, 0.25) is 0 Å². The van der Waals surface area contributed by atoms with Gasteiger partial charge in [0.05, 0.1) is 17.3 Å². The van der Waals surface area contributed by atoms with Crippen LogP contribution in [0.1, 0.15) is 41.4 Å². The first-order valence-electron chi connectivity index (χ1n) is 7.14. The zero-order valence-electron chi connectivity index (χ0n) is 12.1. The van der Waals surface area contributed by atoms with Crippen LogP contribution in [0.5, 0.6) is 0 Å². The molecule has 5 heteroatoms. The smallest absolute Gasteiger partial charge is 0.0900 e. The Balaban J connectivity index is 2.06. The van der Waals surface area contributed by atoms with Crippen LogP contribution < -0.4 is 5.32 Å². The van der Waals surface area contributed by atoms with Gasteiger partial charge in [-0.1, -0.05) is 0 Å². The summed E-state index contributed by atoms with van der Waals surface area (Å²) in [4.78, 5) is 8.24. The first kappa shape index (κ1) is 14.9. The second kappa shape index (κ2) is 6.79. The number of rotatable bonds is 6. The molecule has 2 rings (SSSR count). The third kappa shape index (κ3) is 3.75. The topological polar surface area (TPSA) is 48.4 Å². The highest BCUT2D eigenvalue weighted by Gasteiger charge is 2.24. The highest BCUT2D eigenvalue weighted by molar-refractivity contribution is 7.11. The molecule has 4 nitrogen and oxygen atoms in total. The van der Waals surface area contributed by atoms with E-state index in [2.05, 4.69) is 36.0 Å². The van der Waals surface area contributed by atoms with Crippen LogP contribution in [-0.2, 0) is 0 Å². The standard InChI is InChI=1S/C14H25N3OS/c1-10-14(19-12(3)16-10)11(2)17(7-8-18)9-13-5-4-6-15-13/h11,13,15,18H,4-9H2,1-3H3. The van der Waals surface area contributed by atoms with Crippen molar-refractivity contribution in [2.45, 2.75) is 45.7 Å². The van der Waals surface area contributed by atoms with Crippen LogP contribution in [-0.4, -0.2) is 47.3 Å². The quantitative estimate of drug-likeness (QED) is 0.837. The third-order valence-corrected chi connectivity index (χ3v) is 5.11. The molecule has 0 bridgehead atoms. The van der Waals surface area contributed by atoms with Crippen molar-refractivity contribution >= 4 is 11.3 Å². The Bertz CT molecular complexity index is 401. The molecule has 19 heavy (non-hydrogen) atoms. The third-order valence-electron chi connectivity index (χ3n) is 3.87. The molecule has 2 N–H and O–H groups in total. The minimum atomic E-state index is 0.216. The molecule has 2 unspecified atom stereocenters. The lowest BCUT2D eigenvalue weighted by Crippen LogP contribution is -2.40. The van der Waals surface area contributed by atoms with Gasteiger partial charge in [0.15, 0.2) is 0 Å². The van der Waals surface area contributed by atoms with Crippen molar-refractivity contribution < 1.29 is 5.11 Å². The Hall–Kier alpha value is -0.490. The van der Waals surface area contributed by atoms with Gasteiger partial charge < -0.3 is 10.4 Å². The van der Waals surface area contributed by atoms with E-state index in [-0.39, 0.29) is 6.61 Å². The Morgan fingerprint density at radius 3 is 2.84 bits per heavy atom. The van der Waals surface area contributed by atoms with Crippen LogP contribution in [0.25, 0.3) is 0 Å². The molecule has 0 aliphatic carbocycles. The molecule has 2 heterocycles. The SMILES string of the molecule is Cc1nc(C)c(C(C)N(CCO)CC2CCCN2)s1. The largest absolute Gasteiger partial charge is 0.395 e. The summed E-state index contributed by atoms with van der Waals surface area (Å²) in [6.45, 7) is 9.46. The number of aliphatic hydroxyl groups excluding tert-OH is 1. The lowest BCUT2D eigenvalue weighted by molar-refractivity contribution is 0.149. The van der Waals surface area contributed by atoms with E-state index in [9.17, 15) is 5.11 Å². The van der Waals surface area contributed by atoms with Crippen molar-refractivity contribution in [2.75, 3.05) is 26.2 Å². The van der Waals surface area contributed by atoms with Crippen molar-refractivity contribution in [2.24, 2.45) is 0 Å². The van der Waals surface area contributed by atoms with E-state index in [0.717, 1.165) is 30.3 Å². The van der Waals surface area contributed by atoms with E-state index >= 15 is 0 Å². The van der Waals surface area contributed by atoms with Gasteiger partial charge >= 0.3 is 0 Å². The van der Waals surface area contributed by atoms with Crippen LogP contribution in [0.15, 0.2) is 0 Å². The van der Waals surface area contributed by atoms with Crippen LogP contribution >= 0.6 is 11.3 Å². The summed E-state index contributed by atoms with van der Waals surface area (Å²) in [5.41, 5.74) is 1.14. The van der Waals surface area contributed by atoms with E-state index in [1.54, 1.807) is 11.3 Å². The zero-order chi connectivity index (χ0) is 13.8. The summed E-state index contributed by atoms with van der Waals surface area (Å²) >= 11 is 1.78. The molecule has 108 valence electrons. The first-order chi connectivity index (χ1) is 9.11. The van der Waals surface area contributed by atoms with Gasteiger partial charge in [0.1, 0.15) is 0 Å². The van der Waals surface area contributed by atoms with Crippen molar-refractivity contribution in [3.8, 4) is 0 Å². The lowest BCUT2D eigenvalue weighted by atomic mass is 10.1. The Morgan fingerprint density at radius 2 is 2.32 bits per heavy atom. The van der Waals surface area contributed by atoms with Crippen molar-refractivity contribution in [3.63, 3.8) is 0 Å². The number of aliphatic hydroxyl groups is 1. The summed E-state index contributed by atoms with van der Waals surface area (Å²) in [5.74, 6) is 0. The van der Waals surface area contributed by atoms with Gasteiger partial charge in [-0.15, -0.1) is 11.3 Å². The van der Waals surface area contributed by atoms with Crippen LogP contribution in [0.2, 0.25) is 0 Å². The second-order valence-corrected chi connectivity index (χ2v) is 6.61. The van der Waals surface area contributed by atoms with Gasteiger partial charge in [-0.25, -0.2) is 4.98 Å². The molecule has 0 saturated carbocycles. The molecule has 1 aliphatic rings. The molecule has 2 atom stereocenters. The molecule has 1 aromatic heterocycles. The van der Waals surface area contributed by atoms with Crippen LogP contribution in [0.4, 0.5) is 0 Å². The van der Waals surface area contributed by atoms with Crippen molar-refractivity contribution in [3.05, 3.63) is 15.6 Å². The average Bonchev–Trinajstić information content (AvgIpc) is 2.97. The summed E-state index contributed by atoms with van der Waals surface area (Å²) in [6, 6.07) is 0.907. The summed E-state index contributed by atoms with van der Waals surface area (Å²) in [7, 11) is 0. The van der Waals surface area contributed by atoms with Gasteiger partial charge in [-0.2, -0.15) is 0 Å². The normalized spacial score (nSPS) is 21.2. The predicted octanol–water partition coefficient (Wildman–Crippen LogP) is 1.87. The van der Waals surface area contributed by atoms with E-state index in [0.29, 0.717) is 12.1 Å². The number of nitrogens with zero attached hydrogens (tertiary/aromatic N) is 2. The molecule has 1 aromatic rings. The van der Waals surface area contributed by atoms with Crippen LogP contribution in [0.3, 0.4) is 0 Å². The van der Waals surface area contributed by atoms with Crippen molar-refractivity contribution in [1.82, 2.24) is 15.2 Å². The highest BCUT2D eigenvalue weighted by atomic mass is 32.1. The minimum Gasteiger partial charge on any atom is -0.395 e. The molecule has 1 saturated heterocycles. The Morgan fingerprint density at radius 1 is 1.53 bits per heavy atom. The minimum absolute atomic E-state index is 0.216. The maximum atomic E-state index is 9.31. The first-order valence-corrected chi connectivity index (χ1v) is 7.95. The molecular weight excluding hydrogens is 258 g/mol. The number of aromatic nitrogens is 1. The molecule has 1 aliphatic heterocycles. The van der Waals surface area contributed by atoms with E-state index in [4.69, 9.17) is 0 Å². The van der Waals surface area contributed by atoms with Gasteiger partial charge in [-0.3, -0.25) is 4.90 Å². The second-order valence-electron chi connectivity index (χ2n) is 5.37. The predicted molar refractivity (Wildman–Crippen MR) is 79.7 cm³/mol. The van der Waals surface area contributed by atoms with Gasteiger partial charge in [0.25, 0.3) is 0 Å². The molecular formula is C14H25N3OS. The molecule has 1 fully saturated rings. The molecule has 0 spiro atoms. The molecule has 0 aromatic carbocycles. The lowest BCUT2D eigenvalue weighted by Gasteiger charge is -2.30. The number of thiazole rings is 1. The number of hydrogen-bond acceptors (Lipinski definition) is 5. The van der Waals surface area contributed by atoms with Crippen LogP contribution in [0, 0.1) is 13.8 Å². The number of nitrogens with one attached hydrogen (secondary N) is 1. The highest BCUT2D eigenvalue weighted by Crippen LogP contribution is 2.29. The summed E-state index contributed by atoms with van der Waals surface area (Å²) in [6.07, 6.45) is 2.51. The summed E-state index contributed by atoms with van der Waals surface area (Å²) in [5, 5.41) is 14.0. The fourth-order valence-corrected chi connectivity index (χ4v) is 3.88. The number of aryl methyl sites for hydroxylation is 2. The maximum Gasteiger partial charge on any atom is 0.0900 e. The average molecular weight is 283 g/mol. The molecule has 0 amide bonds.